The Morgan fingerprint density at radius 1 is 1.06 bits per heavy atom. The second kappa shape index (κ2) is 13.2. The van der Waals surface area contributed by atoms with Gasteiger partial charge in [0.15, 0.2) is 0 Å². The number of hydrogen-bond acceptors (Lipinski definition) is 10. The van der Waals surface area contributed by atoms with Crippen LogP contribution < -0.4 is 16.0 Å². The minimum absolute atomic E-state index is 0.0789. The van der Waals surface area contributed by atoms with Gasteiger partial charge in [0.25, 0.3) is 11.6 Å². The Labute approximate surface area is 203 Å². The Morgan fingerprint density at radius 3 is 2.26 bits per heavy atom. The molecule has 0 saturated carbocycles. The van der Waals surface area contributed by atoms with Gasteiger partial charge in [-0.3, -0.25) is 14.9 Å². The van der Waals surface area contributed by atoms with Crippen molar-refractivity contribution >= 4 is 23.4 Å². The number of nitrogens with one attached hydrogen (secondary N) is 3. The van der Waals surface area contributed by atoms with E-state index in [0.29, 0.717) is 47.2 Å². The summed E-state index contributed by atoms with van der Waals surface area (Å²) < 4.78 is 0. The maximum atomic E-state index is 12.6. The van der Waals surface area contributed by atoms with Gasteiger partial charge in [-0.1, -0.05) is 12.1 Å². The highest BCUT2D eigenvalue weighted by atomic mass is 16.6. The van der Waals surface area contributed by atoms with Gasteiger partial charge in [-0.25, -0.2) is 15.0 Å². The van der Waals surface area contributed by atoms with Crippen LogP contribution in [0.25, 0.3) is 11.3 Å². The number of amides is 1. The molecule has 0 aliphatic rings. The smallest absolute Gasteiger partial charge is 0.287 e. The van der Waals surface area contributed by atoms with E-state index >= 15 is 0 Å². The van der Waals surface area contributed by atoms with Gasteiger partial charge in [-0.05, 0) is 32.3 Å². The van der Waals surface area contributed by atoms with E-state index in [1.165, 1.54) is 29.4 Å². The summed E-state index contributed by atoms with van der Waals surface area (Å²) in [5.41, 5.74) is 1.92. The van der Waals surface area contributed by atoms with Crippen LogP contribution in [-0.2, 0) is 0 Å². The molecule has 0 atom stereocenters. The van der Waals surface area contributed by atoms with E-state index in [9.17, 15) is 14.9 Å². The normalized spacial score (nSPS) is 9.80. The van der Waals surface area contributed by atoms with E-state index in [2.05, 4.69) is 37.0 Å². The molecule has 0 saturated heterocycles. The Bertz CT molecular complexity index is 1170. The first-order valence-electron chi connectivity index (χ1n) is 10.6. The Morgan fingerprint density at radius 2 is 1.71 bits per heavy atom. The number of carbonyl (C=O) groups is 1. The lowest BCUT2D eigenvalue weighted by molar-refractivity contribution is -0.385. The molecule has 0 fully saturated rings. The summed E-state index contributed by atoms with van der Waals surface area (Å²) in [6, 6.07) is 11.8. The van der Waals surface area contributed by atoms with Gasteiger partial charge in [-0.2, -0.15) is 5.26 Å². The van der Waals surface area contributed by atoms with Gasteiger partial charge in [-0.15, -0.1) is 0 Å². The predicted octanol–water partition coefficient (Wildman–Crippen LogP) is 2.38. The lowest BCUT2D eigenvalue weighted by atomic mass is 10.0. The highest BCUT2D eigenvalue weighted by Crippen LogP contribution is 2.24. The van der Waals surface area contributed by atoms with Crippen LogP contribution >= 0.6 is 0 Å². The summed E-state index contributed by atoms with van der Waals surface area (Å²) in [6.45, 7) is 0.894. The number of nitro groups is 1. The first-order chi connectivity index (χ1) is 16.8. The van der Waals surface area contributed by atoms with Crippen molar-refractivity contribution in [3.05, 3.63) is 70.0 Å². The predicted molar refractivity (Wildman–Crippen MR) is 133 cm³/mol. The fourth-order valence-corrected chi connectivity index (χ4v) is 2.75. The van der Waals surface area contributed by atoms with E-state index < -0.39 is 4.92 Å². The third-order valence-electron chi connectivity index (χ3n) is 4.39. The number of anilines is 2. The highest BCUT2D eigenvalue weighted by molar-refractivity contribution is 5.99. The van der Waals surface area contributed by atoms with Crippen molar-refractivity contribution in [2.24, 2.45) is 0 Å². The van der Waals surface area contributed by atoms with Crippen LogP contribution in [0.5, 0.6) is 0 Å². The lowest BCUT2D eigenvalue weighted by Crippen LogP contribution is -2.23. The summed E-state index contributed by atoms with van der Waals surface area (Å²) in [6.07, 6.45) is 2.65. The fourth-order valence-electron chi connectivity index (χ4n) is 2.75. The molecule has 12 nitrogen and oxygen atoms in total. The van der Waals surface area contributed by atoms with Crippen molar-refractivity contribution in [2.75, 3.05) is 51.9 Å². The number of nitrogens with zero attached hydrogens (tertiary/aromatic N) is 6. The van der Waals surface area contributed by atoms with Crippen molar-refractivity contribution in [1.82, 2.24) is 25.2 Å². The van der Waals surface area contributed by atoms with Crippen molar-refractivity contribution in [1.29, 1.82) is 5.26 Å². The summed E-state index contributed by atoms with van der Waals surface area (Å²) >= 11 is 0. The molecule has 35 heavy (non-hydrogen) atoms. The van der Waals surface area contributed by atoms with Crippen LogP contribution in [0.2, 0.25) is 0 Å². The van der Waals surface area contributed by atoms with E-state index in [1.54, 1.807) is 38.4 Å². The number of rotatable bonds is 8. The molecular weight excluding hydrogens is 450 g/mol. The zero-order valence-electron chi connectivity index (χ0n) is 19.9. The largest absolute Gasteiger partial charge is 0.368 e. The zero-order valence-corrected chi connectivity index (χ0v) is 19.9. The zero-order chi connectivity index (χ0) is 25.8. The molecule has 12 heteroatoms. The molecule has 3 rings (SSSR count). The first kappa shape index (κ1) is 26.6. The third-order valence-corrected chi connectivity index (χ3v) is 4.39. The second-order valence-electron chi connectivity index (χ2n) is 7.36. The molecule has 0 bridgehead atoms. The van der Waals surface area contributed by atoms with Crippen LogP contribution in [0, 0.1) is 21.4 Å². The maximum Gasteiger partial charge on any atom is 0.287 e. The Balaban J connectivity index is 0.00000137. The van der Waals surface area contributed by atoms with E-state index in [1.807, 2.05) is 14.1 Å². The van der Waals surface area contributed by atoms with E-state index in [-0.39, 0.29) is 11.6 Å². The molecule has 3 N–H and O–H groups in total. The summed E-state index contributed by atoms with van der Waals surface area (Å²) in [5.74, 6) is 0.600. The third kappa shape index (κ3) is 7.72. The van der Waals surface area contributed by atoms with Crippen molar-refractivity contribution < 1.29 is 9.72 Å². The number of benzene rings is 1. The number of pyridine rings is 1. The molecular formula is C23H27N9O3. The average molecular weight is 478 g/mol. The molecule has 2 aromatic heterocycles. The van der Waals surface area contributed by atoms with Gasteiger partial charge in [0.05, 0.1) is 27.8 Å². The van der Waals surface area contributed by atoms with Crippen LogP contribution in [0.15, 0.2) is 48.8 Å². The van der Waals surface area contributed by atoms with E-state index in [4.69, 9.17) is 5.26 Å². The van der Waals surface area contributed by atoms with Gasteiger partial charge in [0.1, 0.15) is 12.0 Å². The molecule has 0 aliphatic carbocycles. The van der Waals surface area contributed by atoms with Crippen molar-refractivity contribution in [3.63, 3.8) is 0 Å². The minimum Gasteiger partial charge on any atom is -0.368 e. The topological polar surface area (TPSA) is 162 Å². The lowest BCUT2D eigenvalue weighted by Gasteiger charge is -2.15. The summed E-state index contributed by atoms with van der Waals surface area (Å²) in [4.78, 5) is 36.9. The average Bonchev–Trinajstić information content (AvgIpc) is 2.87. The van der Waals surface area contributed by atoms with Gasteiger partial charge in [0.2, 0.25) is 5.95 Å². The molecule has 3 aromatic rings. The molecule has 0 spiro atoms. The molecule has 0 aliphatic heterocycles. The van der Waals surface area contributed by atoms with E-state index in [0.717, 1.165) is 0 Å². The Hall–Kier alpha value is -4.63. The highest BCUT2D eigenvalue weighted by Gasteiger charge is 2.18. The monoisotopic (exact) mass is 477 g/mol. The van der Waals surface area contributed by atoms with Crippen molar-refractivity contribution in [3.8, 4) is 17.3 Å². The van der Waals surface area contributed by atoms with Crippen LogP contribution in [0.3, 0.4) is 0 Å². The minimum atomic E-state index is -0.508. The number of carbonyl (C=O) groups excluding carboxylic acids is 1. The van der Waals surface area contributed by atoms with Gasteiger partial charge in [0, 0.05) is 45.0 Å². The first-order valence-corrected chi connectivity index (χ1v) is 10.6. The quantitative estimate of drug-likeness (QED) is 0.249. The number of aromatic nitrogens is 3. The van der Waals surface area contributed by atoms with Crippen molar-refractivity contribution in [2.45, 2.75) is 0 Å². The standard InChI is InChI=1S/C21H20N8O3.C2H7N/c1-28(2)20(30)17-13-26-21(27-19(17)15-5-3-14(11-22)4-6-15)24-10-9-23-18-8-7-16(12-25-18)29(31)32;1-3-2/h3-8,12-13H,9-10H2,1-2H3,(H,23,25)(H,24,26,27);3H,1-2H3. The maximum absolute atomic E-state index is 12.6. The number of hydrogen-bond donors (Lipinski definition) is 3. The molecule has 182 valence electrons. The van der Waals surface area contributed by atoms with Gasteiger partial charge >= 0.3 is 0 Å². The van der Waals surface area contributed by atoms with Crippen LogP contribution in [0.1, 0.15) is 15.9 Å². The number of nitriles is 1. The SMILES string of the molecule is CN(C)C(=O)c1cnc(NCCNc2ccc([N+](=O)[O-])cn2)nc1-c1ccc(C#N)cc1.CNC. The molecule has 0 radical (unpaired) electrons. The molecule has 1 aromatic carbocycles. The molecule has 1 amide bonds. The Kier molecular flexibility index (Phi) is 10.0. The van der Waals surface area contributed by atoms with Gasteiger partial charge < -0.3 is 20.9 Å². The van der Waals surface area contributed by atoms with Crippen LogP contribution in [0.4, 0.5) is 17.5 Å². The second-order valence-corrected chi connectivity index (χ2v) is 7.36. The summed E-state index contributed by atoms with van der Waals surface area (Å²) in [7, 11) is 7.05. The molecule has 0 unspecified atom stereocenters. The van der Waals surface area contributed by atoms with Crippen LogP contribution in [-0.4, -0.2) is 72.0 Å². The molecule has 2 heterocycles. The fraction of sp³-hybridized carbons (Fsp3) is 0.261. The summed E-state index contributed by atoms with van der Waals surface area (Å²) in [5, 5.41) is 28.6.